The minimum absolute atomic E-state index is 0.577. The lowest BCUT2D eigenvalue weighted by Gasteiger charge is -2.15. The van der Waals surface area contributed by atoms with Gasteiger partial charge in [0.2, 0.25) is 0 Å². The van der Waals surface area contributed by atoms with Gasteiger partial charge in [0.15, 0.2) is 5.82 Å². The summed E-state index contributed by atoms with van der Waals surface area (Å²) in [5, 5.41) is 4.27. The number of hydrogen-bond acceptors (Lipinski definition) is 3. The van der Waals surface area contributed by atoms with Crippen LogP contribution in [0.25, 0.3) is 5.52 Å². The third-order valence-corrected chi connectivity index (χ3v) is 4.78. The van der Waals surface area contributed by atoms with Crippen molar-refractivity contribution in [2.75, 3.05) is 5.73 Å². The molecule has 0 aliphatic heterocycles. The predicted molar refractivity (Wildman–Crippen MR) is 86.3 cm³/mol. The molecule has 21 heavy (non-hydrogen) atoms. The van der Waals surface area contributed by atoms with Crippen LogP contribution in [-0.4, -0.2) is 14.6 Å². The first-order chi connectivity index (χ1) is 10.3. The van der Waals surface area contributed by atoms with Gasteiger partial charge >= 0.3 is 0 Å². The lowest BCUT2D eigenvalue weighted by atomic mass is 9.90. The van der Waals surface area contributed by atoms with Crippen LogP contribution in [0.3, 0.4) is 0 Å². The zero-order valence-electron chi connectivity index (χ0n) is 12.8. The molecule has 0 aromatic carbocycles. The molecule has 4 nitrogen and oxygen atoms in total. The number of rotatable bonds is 1. The summed E-state index contributed by atoms with van der Waals surface area (Å²) in [4.78, 5) is 4.08. The molecule has 0 unspecified atom stereocenters. The van der Waals surface area contributed by atoms with Crippen LogP contribution in [0.4, 0.5) is 5.82 Å². The minimum atomic E-state index is 0.577. The summed E-state index contributed by atoms with van der Waals surface area (Å²) in [5.41, 5.74) is 8.29. The number of nitrogens with zero attached hydrogens (tertiary/aromatic N) is 3. The van der Waals surface area contributed by atoms with Crippen molar-refractivity contribution in [3.63, 3.8) is 0 Å². The molecule has 0 spiro atoms. The van der Waals surface area contributed by atoms with Gasteiger partial charge in [0.05, 0.1) is 0 Å². The summed E-state index contributed by atoms with van der Waals surface area (Å²) < 4.78 is 1.88. The average Bonchev–Trinajstić information content (AvgIpc) is 2.89. The van der Waals surface area contributed by atoms with Crippen LogP contribution in [0.1, 0.15) is 75.7 Å². The molecule has 3 rings (SSSR count). The SMILES string of the molecule is Nc1ncnn2cc(C3CCCCCCCCCC3)cc12. The number of aromatic nitrogens is 3. The minimum Gasteiger partial charge on any atom is -0.382 e. The monoisotopic (exact) mass is 286 g/mol. The Hall–Kier alpha value is -1.58. The third kappa shape index (κ3) is 3.55. The van der Waals surface area contributed by atoms with Crippen LogP contribution in [-0.2, 0) is 0 Å². The van der Waals surface area contributed by atoms with E-state index in [4.69, 9.17) is 5.73 Å². The Labute approximate surface area is 126 Å². The van der Waals surface area contributed by atoms with Crippen molar-refractivity contribution in [3.05, 3.63) is 24.2 Å². The van der Waals surface area contributed by atoms with Crippen molar-refractivity contribution in [2.24, 2.45) is 0 Å². The van der Waals surface area contributed by atoms with Crippen molar-refractivity contribution in [2.45, 2.75) is 70.1 Å². The number of nitrogen functional groups attached to an aromatic ring is 1. The molecule has 1 saturated carbocycles. The van der Waals surface area contributed by atoms with Gasteiger partial charge < -0.3 is 5.73 Å². The van der Waals surface area contributed by atoms with Gasteiger partial charge in [-0.2, -0.15) is 5.10 Å². The van der Waals surface area contributed by atoms with Crippen molar-refractivity contribution < 1.29 is 0 Å². The number of nitrogens with two attached hydrogens (primary N) is 1. The predicted octanol–water partition coefficient (Wildman–Crippen LogP) is 4.31. The van der Waals surface area contributed by atoms with Gasteiger partial charge in [-0.3, -0.25) is 0 Å². The third-order valence-electron chi connectivity index (χ3n) is 4.78. The fraction of sp³-hybridized carbons (Fsp3) is 0.647. The Morgan fingerprint density at radius 3 is 2.19 bits per heavy atom. The molecule has 114 valence electrons. The van der Waals surface area contributed by atoms with Crippen molar-refractivity contribution in [1.82, 2.24) is 14.6 Å². The highest BCUT2D eigenvalue weighted by Gasteiger charge is 2.15. The molecule has 2 N–H and O–H groups in total. The highest BCUT2D eigenvalue weighted by molar-refractivity contribution is 5.66. The zero-order chi connectivity index (χ0) is 14.5. The van der Waals surface area contributed by atoms with Crippen molar-refractivity contribution in [1.29, 1.82) is 0 Å². The van der Waals surface area contributed by atoms with Crippen LogP contribution >= 0.6 is 0 Å². The first-order valence-electron chi connectivity index (χ1n) is 8.43. The van der Waals surface area contributed by atoms with E-state index in [2.05, 4.69) is 22.3 Å². The van der Waals surface area contributed by atoms with Crippen LogP contribution in [0.15, 0.2) is 18.6 Å². The molecule has 1 aliphatic rings. The largest absolute Gasteiger partial charge is 0.382 e. The first-order valence-corrected chi connectivity index (χ1v) is 8.43. The van der Waals surface area contributed by atoms with Gasteiger partial charge in [-0.05, 0) is 30.4 Å². The molecule has 0 atom stereocenters. The highest BCUT2D eigenvalue weighted by Crippen LogP contribution is 2.31. The molecule has 0 radical (unpaired) electrons. The summed E-state index contributed by atoms with van der Waals surface area (Å²) in [6.45, 7) is 0. The second-order valence-electron chi connectivity index (χ2n) is 6.35. The second-order valence-corrected chi connectivity index (χ2v) is 6.35. The number of anilines is 1. The van der Waals surface area contributed by atoms with Gasteiger partial charge in [-0.1, -0.05) is 51.4 Å². The summed E-state index contributed by atoms with van der Waals surface area (Å²) in [5.74, 6) is 1.23. The van der Waals surface area contributed by atoms with Crippen LogP contribution < -0.4 is 5.73 Å². The Bertz CT molecular complexity index is 563. The van der Waals surface area contributed by atoms with E-state index in [0.29, 0.717) is 11.7 Å². The summed E-state index contributed by atoms with van der Waals surface area (Å²) >= 11 is 0. The van der Waals surface area contributed by atoms with Crippen molar-refractivity contribution in [3.8, 4) is 0 Å². The maximum Gasteiger partial charge on any atom is 0.151 e. The second kappa shape index (κ2) is 6.92. The standard InChI is InChI=1S/C17H26N4/c18-17-16-11-15(12-21(16)20-13-19-17)14-9-7-5-3-1-2-4-6-8-10-14/h11-14H,1-10H2,(H2,18,19,20). The molecule has 2 aromatic rings. The molecule has 0 amide bonds. The highest BCUT2D eigenvalue weighted by atomic mass is 15.2. The summed E-state index contributed by atoms with van der Waals surface area (Å²) in [6, 6.07) is 2.19. The van der Waals surface area contributed by atoms with E-state index in [-0.39, 0.29) is 0 Å². The summed E-state index contributed by atoms with van der Waals surface area (Å²) in [7, 11) is 0. The Kier molecular flexibility index (Phi) is 4.73. The van der Waals surface area contributed by atoms with Gasteiger partial charge in [-0.25, -0.2) is 9.50 Å². The van der Waals surface area contributed by atoms with Gasteiger partial charge in [0.1, 0.15) is 11.8 Å². The molecule has 2 aromatic heterocycles. The fourth-order valence-electron chi connectivity index (χ4n) is 3.51. The lowest BCUT2D eigenvalue weighted by molar-refractivity contribution is 0.514. The molecule has 0 bridgehead atoms. The average molecular weight is 286 g/mol. The zero-order valence-corrected chi connectivity index (χ0v) is 12.8. The van der Waals surface area contributed by atoms with E-state index in [9.17, 15) is 0 Å². The lowest BCUT2D eigenvalue weighted by Crippen LogP contribution is -1.98. The fourth-order valence-corrected chi connectivity index (χ4v) is 3.51. The Morgan fingerprint density at radius 1 is 0.952 bits per heavy atom. The van der Waals surface area contributed by atoms with Gasteiger partial charge in [0, 0.05) is 6.20 Å². The van der Waals surface area contributed by atoms with E-state index in [1.807, 2.05) is 4.52 Å². The van der Waals surface area contributed by atoms with E-state index in [1.54, 1.807) is 0 Å². The molecule has 4 heteroatoms. The Morgan fingerprint density at radius 2 is 1.57 bits per heavy atom. The van der Waals surface area contributed by atoms with Gasteiger partial charge in [0.25, 0.3) is 0 Å². The first kappa shape index (κ1) is 14.4. The quantitative estimate of drug-likeness (QED) is 0.850. The molecular weight excluding hydrogens is 260 g/mol. The molecule has 1 aliphatic carbocycles. The smallest absolute Gasteiger partial charge is 0.151 e. The van der Waals surface area contributed by atoms with Gasteiger partial charge in [-0.15, -0.1) is 0 Å². The maximum absolute atomic E-state index is 5.95. The van der Waals surface area contributed by atoms with E-state index >= 15 is 0 Å². The molecular formula is C17H26N4. The maximum atomic E-state index is 5.95. The topological polar surface area (TPSA) is 56.2 Å². The summed E-state index contributed by atoms with van der Waals surface area (Å²) in [6.07, 6.45) is 17.4. The Balaban J connectivity index is 1.78. The normalized spacial score (nSPS) is 19.4. The number of hydrogen-bond donors (Lipinski definition) is 1. The molecule has 1 fully saturated rings. The van der Waals surface area contributed by atoms with Crippen molar-refractivity contribution >= 4 is 11.3 Å². The number of fused-ring (bicyclic) bond motifs is 1. The van der Waals surface area contributed by atoms with E-state index < -0.39 is 0 Å². The molecule has 2 heterocycles. The van der Waals surface area contributed by atoms with E-state index in [1.165, 1.54) is 76.1 Å². The van der Waals surface area contributed by atoms with Crippen LogP contribution in [0.2, 0.25) is 0 Å². The van der Waals surface area contributed by atoms with Crippen LogP contribution in [0.5, 0.6) is 0 Å². The van der Waals surface area contributed by atoms with Crippen LogP contribution in [0, 0.1) is 0 Å². The molecule has 0 saturated heterocycles. The van der Waals surface area contributed by atoms with E-state index in [0.717, 1.165) is 5.52 Å².